The number of hydrogen-bond acceptors (Lipinski definition) is 3. The van der Waals surface area contributed by atoms with Crippen LogP contribution in [0.25, 0.3) is 0 Å². The number of nitrogens with one attached hydrogen (secondary N) is 1. The summed E-state index contributed by atoms with van der Waals surface area (Å²) in [4.78, 5) is 3.84. The van der Waals surface area contributed by atoms with Crippen LogP contribution in [0.4, 0.5) is 5.69 Å². The van der Waals surface area contributed by atoms with Gasteiger partial charge in [0.15, 0.2) is 5.15 Å². The van der Waals surface area contributed by atoms with Crippen molar-refractivity contribution in [1.82, 2.24) is 4.98 Å². The van der Waals surface area contributed by atoms with Crippen LogP contribution in [-0.4, -0.2) is 19.2 Å². The minimum absolute atomic E-state index is 0.0632. The van der Waals surface area contributed by atoms with Gasteiger partial charge in [-0.1, -0.05) is 25.4 Å². The number of hydrogen-bond donors (Lipinski definition) is 1. The van der Waals surface area contributed by atoms with E-state index in [1.807, 2.05) is 13.8 Å². The van der Waals surface area contributed by atoms with E-state index in [9.17, 15) is 8.42 Å². The quantitative estimate of drug-likeness (QED) is 0.848. The van der Waals surface area contributed by atoms with Gasteiger partial charge < -0.3 is 0 Å². The van der Waals surface area contributed by atoms with E-state index in [4.69, 9.17) is 11.6 Å². The topological polar surface area (TPSA) is 59.1 Å². The fourth-order valence-corrected chi connectivity index (χ4v) is 3.12. The second kappa shape index (κ2) is 5.01. The van der Waals surface area contributed by atoms with E-state index < -0.39 is 10.0 Å². The Morgan fingerprint density at radius 2 is 2.12 bits per heavy atom. The van der Waals surface area contributed by atoms with Gasteiger partial charge in [-0.15, -0.1) is 0 Å². The molecule has 90 valence electrons. The molecule has 0 aliphatic heterocycles. The zero-order valence-electron chi connectivity index (χ0n) is 9.49. The van der Waals surface area contributed by atoms with Gasteiger partial charge >= 0.3 is 0 Å². The van der Waals surface area contributed by atoms with Crippen LogP contribution >= 0.6 is 11.6 Å². The molecular weight excluding hydrogens is 248 g/mol. The summed E-state index contributed by atoms with van der Waals surface area (Å²) in [6.07, 6.45) is 1.54. The lowest BCUT2D eigenvalue weighted by atomic mass is 10.3. The maximum atomic E-state index is 11.7. The molecule has 0 saturated heterocycles. The summed E-state index contributed by atoms with van der Waals surface area (Å²) in [5, 5.41) is 0.173. The van der Waals surface area contributed by atoms with Crippen LogP contribution in [-0.2, 0) is 10.0 Å². The Bertz CT molecular complexity index is 451. The molecule has 0 aromatic carbocycles. The average molecular weight is 263 g/mol. The van der Waals surface area contributed by atoms with Gasteiger partial charge in [0.25, 0.3) is 0 Å². The molecule has 0 spiro atoms. The zero-order chi connectivity index (χ0) is 12.3. The van der Waals surface area contributed by atoms with Crippen molar-refractivity contribution in [2.24, 2.45) is 5.92 Å². The number of halogens is 1. The maximum absolute atomic E-state index is 11.7. The van der Waals surface area contributed by atoms with Crippen LogP contribution in [0.2, 0.25) is 5.15 Å². The van der Waals surface area contributed by atoms with Gasteiger partial charge in [0.1, 0.15) is 0 Å². The van der Waals surface area contributed by atoms with E-state index in [1.54, 1.807) is 13.0 Å². The van der Waals surface area contributed by atoms with Gasteiger partial charge in [0, 0.05) is 6.20 Å². The van der Waals surface area contributed by atoms with Crippen LogP contribution in [0.15, 0.2) is 12.3 Å². The fourth-order valence-electron chi connectivity index (χ4n) is 1.28. The summed E-state index contributed by atoms with van der Waals surface area (Å²) < 4.78 is 25.9. The lowest BCUT2D eigenvalue weighted by molar-refractivity contribution is 0.587. The molecule has 0 aliphatic rings. The van der Waals surface area contributed by atoms with Crippen molar-refractivity contribution in [3.63, 3.8) is 0 Å². The van der Waals surface area contributed by atoms with Gasteiger partial charge in [0.2, 0.25) is 10.0 Å². The van der Waals surface area contributed by atoms with Gasteiger partial charge in [-0.05, 0) is 24.5 Å². The highest BCUT2D eigenvalue weighted by Crippen LogP contribution is 2.24. The van der Waals surface area contributed by atoms with Crippen molar-refractivity contribution in [2.75, 3.05) is 10.5 Å². The molecule has 1 heterocycles. The largest absolute Gasteiger partial charge is 0.280 e. The van der Waals surface area contributed by atoms with E-state index >= 15 is 0 Å². The normalized spacial score (nSPS) is 11.8. The van der Waals surface area contributed by atoms with E-state index in [1.165, 1.54) is 6.20 Å². The predicted molar refractivity (Wildman–Crippen MR) is 66.2 cm³/mol. The first-order valence-corrected chi connectivity index (χ1v) is 6.96. The summed E-state index contributed by atoms with van der Waals surface area (Å²) >= 11 is 5.83. The molecule has 0 aliphatic carbocycles. The molecule has 4 nitrogen and oxygen atoms in total. The first-order valence-electron chi connectivity index (χ1n) is 4.93. The molecule has 0 amide bonds. The number of aromatic nitrogens is 1. The van der Waals surface area contributed by atoms with E-state index in [0.717, 1.165) is 5.56 Å². The Balaban J connectivity index is 2.97. The SMILES string of the molecule is Cc1ccnc(Cl)c1NS(=O)(=O)CC(C)C. The van der Waals surface area contributed by atoms with Crippen molar-refractivity contribution in [3.05, 3.63) is 23.0 Å². The molecular formula is C10H15ClN2O2S. The van der Waals surface area contributed by atoms with E-state index in [2.05, 4.69) is 9.71 Å². The molecule has 0 unspecified atom stereocenters. The van der Waals surface area contributed by atoms with Crippen molar-refractivity contribution in [3.8, 4) is 0 Å². The first-order chi connectivity index (χ1) is 7.32. The van der Waals surface area contributed by atoms with Crippen LogP contribution < -0.4 is 4.72 Å². The highest BCUT2D eigenvalue weighted by atomic mass is 35.5. The van der Waals surface area contributed by atoms with E-state index in [0.29, 0.717) is 5.69 Å². The highest BCUT2D eigenvalue weighted by Gasteiger charge is 2.16. The van der Waals surface area contributed by atoms with Gasteiger partial charge in [0.05, 0.1) is 11.4 Å². The van der Waals surface area contributed by atoms with Crippen LogP contribution in [0.3, 0.4) is 0 Å². The lowest BCUT2D eigenvalue weighted by Crippen LogP contribution is -2.20. The van der Waals surface area contributed by atoms with Gasteiger partial charge in [-0.3, -0.25) is 4.72 Å². The Labute approximate surface area is 101 Å². The molecule has 6 heteroatoms. The van der Waals surface area contributed by atoms with Crippen molar-refractivity contribution >= 4 is 27.3 Å². The van der Waals surface area contributed by atoms with Crippen LogP contribution in [0.5, 0.6) is 0 Å². The lowest BCUT2D eigenvalue weighted by Gasteiger charge is -2.12. The Kier molecular flexibility index (Phi) is 4.15. The maximum Gasteiger partial charge on any atom is 0.233 e. The molecule has 0 atom stereocenters. The molecule has 1 aromatic heterocycles. The zero-order valence-corrected chi connectivity index (χ0v) is 11.1. The second-order valence-corrected chi connectivity index (χ2v) is 6.20. The van der Waals surface area contributed by atoms with Crippen LogP contribution in [0.1, 0.15) is 19.4 Å². The molecule has 0 bridgehead atoms. The molecule has 0 fully saturated rings. The third kappa shape index (κ3) is 3.64. The molecule has 1 rings (SSSR count). The number of pyridine rings is 1. The average Bonchev–Trinajstić information content (AvgIpc) is 2.09. The fraction of sp³-hybridized carbons (Fsp3) is 0.500. The summed E-state index contributed by atoms with van der Waals surface area (Å²) in [5.41, 5.74) is 1.12. The number of aryl methyl sites for hydroxylation is 1. The molecule has 0 saturated carbocycles. The molecule has 0 radical (unpaired) electrons. The minimum atomic E-state index is -3.35. The van der Waals surface area contributed by atoms with Gasteiger partial charge in [-0.2, -0.15) is 0 Å². The Morgan fingerprint density at radius 1 is 1.50 bits per heavy atom. The number of sulfonamides is 1. The summed E-state index contributed by atoms with van der Waals surface area (Å²) in [6.45, 7) is 5.47. The first kappa shape index (κ1) is 13.3. The molecule has 16 heavy (non-hydrogen) atoms. The Morgan fingerprint density at radius 3 is 2.62 bits per heavy atom. The van der Waals surface area contributed by atoms with Crippen molar-refractivity contribution in [2.45, 2.75) is 20.8 Å². The van der Waals surface area contributed by atoms with Crippen LogP contribution in [0, 0.1) is 12.8 Å². The minimum Gasteiger partial charge on any atom is -0.280 e. The summed E-state index contributed by atoms with van der Waals surface area (Å²) in [6, 6.07) is 1.71. The summed E-state index contributed by atoms with van der Waals surface area (Å²) in [7, 11) is -3.35. The Hall–Kier alpha value is -0.810. The van der Waals surface area contributed by atoms with Crippen molar-refractivity contribution < 1.29 is 8.42 Å². The monoisotopic (exact) mass is 262 g/mol. The smallest absolute Gasteiger partial charge is 0.233 e. The number of rotatable bonds is 4. The summed E-state index contributed by atoms with van der Waals surface area (Å²) in [5.74, 6) is 0.130. The number of anilines is 1. The third-order valence-corrected chi connectivity index (χ3v) is 3.83. The van der Waals surface area contributed by atoms with Gasteiger partial charge in [-0.25, -0.2) is 13.4 Å². The standard InChI is InChI=1S/C10H15ClN2O2S/c1-7(2)6-16(14,15)13-9-8(3)4-5-12-10(9)11/h4-5,7,13H,6H2,1-3H3. The second-order valence-electron chi connectivity index (χ2n) is 4.07. The van der Waals surface area contributed by atoms with E-state index in [-0.39, 0.29) is 16.8 Å². The van der Waals surface area contributed by atoms with Crippen molar-refractivity contribution in [1.29, 1.82) is 0 Å². The predicted octanol–water partition coefficient (Wildman–Crippen LogP) is 2.44. The molecule has 1 N–H and O–H groups in total. The molecule has 1 aromatic rings. The number of nitrogens with zero attached hydrogens (tertiary/aromatic N) is 1. The highest BCUT2D eigenvalue weighted by molar-refractivity contribution is 7.92. The third-order valence-electron chi connectivity index (χ3n) is 1.92.